The Morgan fingerprint density at radius 3 is 2.55 bits per heavy atom. The maximum Gasteiger partial charge on any atom is 0.103 e. The van der Waals surface area contributed by atoms with Crippen molar-refractivity contribution in [2.75, 3.05) is 20.6 Å². The second kappa shape index (κ2) is 3.09. The van der Waals surface area contributed by atoms with Gasteiger partial charge in [-0.25, -0.2) is 0 Å². The van der Waals surface area contributed by atoms with Crippen LogP contribution in [0.1, 0.15) is 6.92 Å². The van der Waals surface area contributed by atoms with Crippen LogP contribution in [-0.2, 0) is 0 Å². The summed E-state index contributed by atoms with van der Waals surface area (Å²) in [5.41, 5.74) is 8.23. The largest absolute Gasteiger partial charge is 0.289 e. The Labute approximate surface area is 66.2 Å². The molecule has 0 aromatic rings. The van der Waals surface area contributed by atoms with Crippen LogP contribution in [0.2, 0.25) is 0 Å². The number of azide groups is 1. The van der Waals surface area contributed by atoms with E-state index < -0.39 is 0 Å². The van der Waals surface area contributed by atoms with Gasteiger partial charge < -0.3 is 0 Å². The van der Waals surface area contributed by atoms with Crippen molar-refractivity contribution >= 4 is 0 Å². The maximum atomic E-state index is 8.23. The van der Waals surface area contributed by atoms with Gasteiger partial charge >= 0.3 is 0 Å². The average molecular weight is 155 g/mol. The molecular formula is C6H13N5. The summed E-state index contributed by atoms with van der Waals surface area (Å²) in [4.78, 5) is 7.00. The molecule has 0 amide bonds. The molecule has 1 heterocycles. The van der Waals surface area contributed by atoms with Gasteiger partial charge in [0.15, 0.2) is 0 Å². The minimum absolute atomic E-state index is 0.000000000000000444. The van der Waals surface area contributed by atoms with Crippen LogP contribution in [0.25, 0.3) is 10.4 Å². The monoisotopic (exact) mass is 155 g/mol. The van der Waals surface area contributed by atoms with Crippen molar-refractivity contribution in [1.82, 2.24) is 9.80 Å². The van der Waals surface area contributed by atoms with Gasteiger partial charge in [0, 0.05) is 11.5 Å². The quantitative estimate of drug-likeness (QED) is 0.320. The van der Waals surface area contributed by atoms with Crippen LogP contribution in [0, 0.1) is 0 Å². The zero-order valence-electron chi connectivity index (χ0n) is 7.10. The molecule has 0 aliphatic carbocycles. The summed E-state index contributed by atoms with van der Waals surface area (Å²) in [6.45, 7) is 2.91. The van der Waals surface area contributed by atoms with Gasteiger partial charge in [-0.3, -0.25) is 9.80 Å². The van der Waals surface area contributed by atoms with Gasteiger partial charge in [-0.2, -0.15) is 0 Å². The first-order valence-electron chi connectivity index (χ1n) is 3.63. The number of likely N-dealkylation sites (N-methyl/N-ethyl adjacent to an activating group) is 2. The predicted molar refractivity (Wildman–Crippen MR) is 42.8 cm³/mol. The van der Waals surface area contributed by atoms with Crippen LogP contribution >= 0.6 is 0 Å². The van der Waals surface area contributed by atoms with Crippen molar-refractivity contribution < 1.29 is 0 Å². The topological polar surface area (TPSA) is 55.2 Å². The third-order valence-corrected chi connectivity index (χ3v) is 2.33. The highest BCUT2D eigenvalue weighted by atomic mass is 15.5. The highest BCUT2D eigenvalue weighted by Crippen LogP contribution is 2.16. The molecule has 62 valence electrons. The van der Waals surface area contributed by atoms with Gasteiger partial charge in [-0.05, 0) is 26.6 Å². The van der Waals surface area contributed by atoms with Crippen molar-refractivity contribution in [1.29, 1.82) is 0 Å². The van der Waals surface area contributed by atoms with E-state index in [4.69, 9.17) is 5.53 Å². The van der Waals surface area contributed by atoms with E-state index in [0.717, 1.165) is 6.54 Å². The number of rotatable bonds is 1. The van der Waals surface area contributed by atoms with Crippen molar-refractivity contribution in [2.24, 2.45) is 5.11 Å². The molecule has 5 heteroatoms. The summed E-state index contributed by atoms with van der Waals surface area (Å²) in [6.07, 6.45) is 0.366. The molecular weight excluding hydrogens is 142 g/mol. The fourth-order valence-corrected chi connectivity index (χ4v) is 1.28. The van der Waals surface area contributed by atoms with Crippen LogP contribution in [0.15, 0.2) is 5.11 Å². The normalized spacial score (nSPS) is 33.7. The molecule has 2 atom stereocenters. The first-order chi connectivity index (χ1) is 5.16. The van der Waals surface area contributed by atoms with E-state index >= 15 is 0 Å². The van der Waals surface area contributed by atoms with Gasteiger partial charge in [0.1, 0.15) is 6.17 Å². The highest BCUT2D eigenvalue weighted by Gasteiger charge is 2.30. The lowest BCUT2D eigenvalue weighted by Crippen LogP contribution is -2.32. The van der Waals surface area contributed by atoms with Crippen LogP contribution < -0.4 is 0 Å². The fourth-order valence-electron chi connectivity index (χ4n) is 1.28. The molecule has 11 heavy (non-hydrogen) atoms. The number of hydrogen-bond donors (Lipinski definition) is 0. The maximum absolute atomic E-state index is 8.23. The zero-order chi connectivity index (χ0) is 8.43. The third-order valence-electron chi connectivity index (χ3n) is 2.33. The summed E-state index contributed by atoms with van der Waals surface area (Å²) in [5.74, 6) is 0. The van der Waals surface area contributed by atoms with Gasteiger partial charge in [-0.1, -0.05) is 5.11 Å². The van der Waals surface area contributed by atoms with Crippen LogP contribution in [0.4, 0.5) is 0 Å². The second-order valence-corrected chi connectivity index (χ2v) is 2.92. The number of hydrogen-bond acceptors (Lipinski definition) is 3. The molecule has 1 rings (SSSR count). The average Bonchev–Trinajstić information content (AvgIpc) is 2.19. The molecule has 0 aromatic heterocycles. The van der Waals surface area contributed by atoms with Crippen LogP contribution in [0.5, 0.6) is 0 Å². The smallest absolute Gasteiger partial charge is 0.103 e. The Hall–Kier alpha value is -0.770. The van der Waals surface area contributed by atoms with Gasteiger partial charge in [-0.15, -0.1) is 0 Å². The molecule has 0 radical (unpaired) electrons. The lowest BCUT2D eigenvalue weighted by molar-refractivity contribution is 0.189. The second-order valence-electron chi connectivity index (χ2n) is 2.92. The highest BCUT2D eigenvalue weighted by molar-refractivity contribution is 4.82. The molecule has 0 spiro atoms. The van der Waals surface area contributed by atoms with Gasteiger partial charge in [0.2, 0.25) is 0 Å². The van der Waals surface area contributed by atoms with Crippen LogP contribution in [-0.4, -0.2) is 42.8 Å². The van der Waals surface area contributed by atoms with E-state index in [1.165, 1.54) is 0 Å². The molecule has 2 unspecified atom stereocenters. The van der Waals surface area contributed by atoms with E-state index in [2.05, 4.69) is 26.7 Å². The Morgan fingerprint density at radius 2 is 2.18 bits per heavy atom. The fraction of sp³-hybridized carbons (Fsp3) is 1.00. The summed E-state index contributed by atoms with van der Waals surface area (Å²) in [7, 11) is 3.99. The Morgan fingerprint density at radius 1 is 1.55 bits per heavy atom. The molecule has 0 bridgehead atoms. The summed E-state index contributed by atoms with van der Waals surface area (Å²) < 4.78 is 0. The lowest BCUT2D eigenvalue weighted by atomic mass is 10.5. The van der Waals surface area contributed by atoms with E-state index in [1.54, 1.807) is 0 Å². The van der Waals surface area contributed by atoms with Crippen molar-refractivity contribution in [3.8, 4) is 0 Å². The first-order valence-corrected chi connectivity index (χ1v) is 3.63. The summed E-state index contributed by atoms with van der Waals surface area (Å²) in [6, 6.07) is 0. The minimum atomic E-state index is -0.000000000000000444. The Kier molecular flexibility index (Phi) is 2.34. The summed E-state index contributed by atoms with van der Waals surface area (Å²) in [5, 5.41) is 3.67. The zero-order valence-corrected chi connectivity index (χ0v) is 7.10. The minimum Gasteiger partial charge on any atom is -0.289 e. The predicted octanol–water partition coefficient (Wildman–Crippen LogP) is 0.846. The molecule has 1 aliphatic heterocycles. The standard InChI is InChI=1S/C6H13N5/c1-5-10(2)4-6(8-9-7)11(5)3/h5-6H,4H2,1-3H3. The molecule has 5 nitrogen and oxygen atoms in total. The van der Waals surface area contributed by atoms with E-state index in [0.29, 0.717) is 6.17 Å². The van der Waals surface area contributed by atoms with E-state index in [-0.39, 0.29) is 6.17 Å². The lowest BCUT2D eigenvalue weighted by Gasteiger charge is -2.20. The van der Waals surface area contributed by atoms with E-state index in [9.17, 15) is 0 Å². The molecule has 1 aliphatic rings. The van der Waals surface area contributed by atoms with Crippen LogP contribution in [0.3, 0.4) is 0 Å². The molecule has 0 aromatic carbocycles. The Bertz CT molecular complexity index is 185. The molecule has 1 saturated heterocycles. The molecule has 0 N–H and O–H groups in total. The molecule has 1 fully saturated rings. The van der Waals surface area contributed by atoms with Gasteiger partial charge in [0.25, 0.3) is 0 Å². The molecule has 0 saturated carbocycles. The van der Waals surface area contributed by atoms with Crippen molar-refractivity contribution in [2.45, 2.75) is 19.3 Å². The third kappa shape index (κ3) is 1.45. The SMILES string of the molecule is CC1N(C)CC(N=[N+]=[N-])N1C. The van der Waals surface area contributed by atoms with Gasteiger partial charge in [0.05, 0.1) is 6.17 Å². The number of nitrogens with zero attached hydrogens (tertiary/aromatic N) is 5. The van der Waals surface area contributed by atoms with E-state index in [1.807, 2.05) is 14.1 Å². The van der Waals surface area contributed by atoms with Crippen molar-refractivity contribution in [3.05, 3.63) is 10.4 Å². The Balaban J connectivity index is 2.66. The summed E-state index contributed by atoms with van der Waals surface area (Å²) >= 11 is 0. The first kappa shape index (κ1) is 8.33. The van der Waals surface area contributed by atoms with Crippen molar-refractivity contribution in [3.63, 3.8) is 0 Å².